The number of ketones is 1. The molecule has 1 unspecified atom stereocenters. The first-order chi connectivity index (χ1) is 7.20. The highest BCUT2D eigenvalue weighted by molar-refractivity contribution is 6.38. The van der Waals surface area contributed by atoms with Crippen LogP contribution in [0, 0.1) is 5.92 Å². The maximum Gasteiger partial charge on any atom is 0.289 e. The quantitative estimate of drug-likeness (QED) is 0.617. The van der Waals surface area contributed by atoms with Crippen LogP contribution in [0.2, 0.25) is 0 Å². The molecule has 1 amide bonds. The van der Waals surface area contributed by atoms with E-state index in [0.29, 0.717) is 5.92 Å². The van der Waals surface area contributed by atoms with Crippen LogP contribution in [-0.2, 0) is 9.59 Å². The summed E-state index contributed by atoms with van der Waals surface area (Å²) in [5.74, 6) is -0.0473. The molecule has 2 aliphatic carbocycles. The Kier molecular flexibility index (Phi) is 3.05. The van der Waals surface area contributed by atoms with Crippen LogP contribution in [0.15, 0.2) is 0 Å². The van der Waals surface area contributed by atoms with Gasteiger partial charge >= 0.3 is 0 Å². The molecule has 15 heavy (non-hydrogen) atoms. The lowest BCUT2D eigenvalue weighted by Crippen LogP contribution is -2.44. The lowest BCUT2D eigenvalue weighted by molar-refractivity contribution is -0.139. The Morgan fingerprint density at radius 1 is 1.27 bits per heavy atom. The molecule has 4 heteroatoms. The maximum atomic E-state index is 11.7. The fourth-order valence-electron chi connectivity index (χ4n) is 1.69. The number of nitrogens with one attached hydrogen (secondary N) is 2. The molecule has 2 N–H and O–H groups in total. The van der Waals surface area contributed by atoms with E-state index in [-0.39, 0.29) is 17.9 Å². The van der Waals surface area contributed by atoms with Crippen molar-refractivity contribution in [2.45, 2.75) is 44.2 Å². The highest BCUT2D eigenvalue weighted by Crippen LogP contribution is 2.33. The van der Waals surface area contributed by atoms with Gasteiger partial charge in [0.15, 0.2) is 0 Å². The molecule has 0 aromatic heterocycles. The highest BCUT2D eigenvalue weighted by atomic mass is 16.2. The molecule has 0 bridgehead atoms. The van der Waals surface area contributed by atoms with Crippen LogP contribution in [0.4, 0.5) is 0 Å². The Balaban J connectivity index is 1.81. The van der Waals surface area contributed by atoms with Gasteiger partial charge in [0.05, 0.1) is 6.04 Å². The highest BCUT2D eigenvalue weighted by Gasteiger charge is 2.33. The van der Waals surface area contributed by atoms with Crippen LogP contribution >= 0.6 is 0 Å². The van der Waals surface area contributed by atoms with Crippen LogP contribution in [0.1, 0.15) is 32.1 Å². The van der Waals surface area contributed by atoms with E-state index in [2.05, 4.69) is 10.6 Å². The van der Waals surface area contributed by atoms with Gasteiger partial charge in [0.25, 0.3) is 5.91 Å². The van der Waals surface area contributed by atoms with Crippen LogP contribution in [0.25, 0.3) is 0 Å². The minimum atomic E-state index is -0.405. The summed E-state index contributed by atoms with van der Waals surface area (Å²) in [6.07, 6.45) is 5.26. The average molecular weight is 210 g/mol. The average Bonchev–Trinajstić information content (AvgIpc) is 3.07. The molecule has 0 heterocycles. The Morgan fingerprint density at radius 2 is 1.93 bits per heavy atom. The minimum absolute atomic E-state index is 0.264. The van der Waals surface area contributed by atoms with E-state index in [0.717, 1.165) is 19.3 Å². The van der Waals surface area contributed by atoms with Crippen molar-refractivity contribution >= 4 is 11.7 Å². The molecule has 2 aliphatic rings. The second-order valence-electron chi connectivity index (χ2n) is 4.63. The van der Waals surface area contributed by atoms with Crippen LogP contribution in [0.3, 0.4) is 0 Å². The number of carbonyl (C=O) groups excluding carboxylic acids is 2. The number of rotatable bonds is 6. The molecule has 2 fully saturated rings. The van der Waals surface area contributed by atoms with Gasteiger partial charge in [0, 0.05) is 6.04 Å². The lowest BCUT2D eigenvalue weighted by atomic mass is 10.1. The van der Waals surface area contributed by atoms with Gasteiger partial charge in [0.2, 0.25) is 5.78 Å². The fourth-order valence-corrected chi connectivity index (χ4v) is 1.69. The monoisotopic (exact) mass is 210 g/mol. The first-order valence-corrected chi connectivity index (χ1v) is 5.72. The summed E-state index contributed by atoms with van der Waals surface area (Å²) in [5, 5.41) is 5.67. The standard InChI is InChI=1S/C11H18N2O2/c1-12-9(6-7-2-3-7)10(14)11(15)13-8-4-5-8/h7-9,12H,2-6H2,1H3,(H,13,15). The molecule has 0 spiro atoms. The van der Waals surface area contributed by atoms with Crippen molar-refractivity contribution in [1.82, 2.24) is 10.6 Å². The second kappa shape index (κ2) is 4.31. The Morgan fingerprint density at radius 3 is 2.40 bits per heavy atom. The number of likely N-dealkylation sites (N-methyl/N-ethyl adjacent to an activating group) is 1. The van der Waals surface area contributed by atoms with Gasteiger partial charge in [-0.15, -0.1) is 0 Å². The Bertz CT molecular complexity index is 270. The van der Waals surface area contributed by atoms with Gasteiger partial charge < -0.3 is 10.6 Å². The molecule has 2 rings (SSSR count). The third-order valence-corrected chi connectivity index (χ3v) is 3.07. The summed E-state index contributed by atoms with van der Waals surface area (Å²) in [6, 6.07) is -0.0175. The maximum absolute atomic E-state index is 11.7. The zero-order valence-electron chi connectivity index (χ0n) is 9.08. The normalized spacial score (nSPS) is 22.2. The first kappa shape index (κ1) is 10.6. The molecule has 0 saturated heterocycles. The van der Waals surface area contributed by atoms with Gasteiger partial charge in [-0.2, -0.15) is 0 Å². The molecule has 84 valence electrons. The summed E-state index contributed by atoms with van der Waals surface area (Å²) in [5.41, 5.74) is 0. The summed E-state index contributed by atoms with van der Waals surface area (Å²) in [4.78, 5) is 23.2. The molecule has 4 nitrogen and oxygen atoms in total. The van der Waals surface area contributed by atoms with E-state index >= 15 is 0 Å². The number of amides is 1. The van der Waals surface area contributed by atoms with E-state index in [1.54, 1.807) is 7.05 Å². The van der Waals surface area contributed by atoms with Gasteiger partial charge in [0.1, 0.15) is 0 Å². The van der Waals surface area contributed by atoms with Gasteiger partial charge in [-0.1, -0.05) is 12.8 Å². The predicted octanol–water partition coefficient (Wildman–Crippen LogP) is 0.222. The first-order valence-electron chi connectivity index (χ1n) is 5.72. The van der Waals surface area contributed by atoms with E-state index in [1.807, 2.05) is 0 Å². The van der Waals surface area contributed by atoms with E-state index < -0.39 is 5.91 Å². The molecule has 0 aliphatic heterocycles. The van der Waals surface area contributed by atoms with Crippen molar-refractivity contribution < 1.29 is 9.59 Å². The number of hydrogen-bond acceptors (Lipinski definition) is 3. The minimum Gasteiger partial charge on any atom is -0.347 e. The van der Waals surface area contributed by atoms with Crippen LogP contribution < -0.4 is 10.6 Å². The second-order valence-corrected chi connectivity index (χ2v) is 4.63. The predicted molar refractivity (Wildman–Crippen MR) is 56.4 cm³/mol. The van der Waals surface area contributed by atoms with E-state index in [4.69, 9.17) is 0 Å². The van der Waals surface area contributed by atoms with Crippen molar-refractivity contribution in [3.63, 3.8) is 0 Å². The molecule has 2 saturated carbocycles. The molecule has 0 aromatic rings. The summed E-state index contributed by atoms with van der Waals surface area (Å²) < 4.78 is 0. The topological polar surface area (TPSA) is 58.2 Å². The van der Waals surface area contributed by atoms with Crippen molar-refractivity contribution in [1.29, 1.82) is 0 Å². The van der Waals surface area contributed by atoms with Crippen molar-refractivity contribution in [2.75, 3.05) is 7.05 Å². The smallest absolute Gasteiger partial charge is 0.289 e. The summed E-state index contributed by atoms with van der Waals surface area (Å²) in [6.45, 7) is 0. The number of carbonyl (C=O) groups is 2. The zero-order chi connectivity index (χ0) is 10.8. The van der Waals surface area contributed by atoms with Gasteiger partial charge in [-0.05, 0) is 32.2 Å². The van der Waals surface area contributed by atoms with Crippen molar-refractivity contribution in [3.05, 3.63) is 0 Å². The van der Waals surface area contributed by atoms with Crippen molar-refractivity contribution in [2.24, 2.45) is 5.92 Å². The Hall–Kier alpha value is -0.900. The van der Waals surface area contributed by atoms with Crippen molar-refractivity contribution in [3.8, 4) is 0 Å². The molecule has 0 aromatic carbocycles. The SMILES string of the molecule is CNC(CC1CC1)C(=O)C(=O)NC1CC1. The molecular formula is C11H18N2O2. The van der Waals surface area contributed by atoms with Crippen LogP contribution in [0.5, 0.6) is 0 Å². The molecule has 0 radical (unpaired) electrons. The third kappa shape index (κ3) is 3.02. The summed E-state index contributed by atoms with van der Waals surface area (Å²) in [7, 11) is 1.75. The fraction of sp³-hybridized carbons (Fsp3) is 0.818. The number of Topliss-reactive ketones (excluding diaryl/α,β-unsaturated/α-hetero) is 1. The van der Waals surface area contributed by atoms with E-state index in [9.17, 15) is 9.59 Å². The third-order valence-electron chi connectivity index (χ3n) is 3.07. The largest absolute Gasteiger partial charge is 0.347 e. The molecule has 1 atom stereocenters. The van der Waals surface area contributed by atoms with Gasteiger partial charge in [-0.3, -0.25) is 9.59 Å². The van der Waals surface area contributed by atoms with Crippen LogP contribution in [-0.4, -0.2) is 30.8 Å². The molecular weight excluding hydrogens is 192 g/mol. The van der Waals surface area contributed by atoms with E-state index in [1.165, 1.54) is 12.8 Å². The summed E-state index contributed by atoms with van der Waals surface area (Å²) >= 11 is 0. The Labute approximate surface area is 89.8 Å². The van der Waals surface area contributed by atoms with Gasteiger partial charge in [-0.25, -0.2) is 0 Å². The zero-order valence-corrected chi connectivity index (χ0v) is 9.08. The lowest BCUT2D eigenvalue weighted by Gasteiger charge is -2.13. The number of hydrogen-bond donors (Lipinski definition) is 2.